The van der Waals surface area contributed by atoms with Crippen LogP contribution in [0.15, 0.2) is 28.7 Å². The average Bonchev–Trinajstić information content (AvgIpc) is 2.45. The highest BCUT2D eigenvalue weighted by Crippen LogP contribution is 2.25. The molecule has 1 aromatic carbocycles. The van der Waals surface area contributed by atoms with E-state index >= 15 is 0 Å². The van der Waals surface area contributed by atoms with Crippen molar-refractivity contribution >= 4 is 27.7 Å². The Morgan fingerprint density at radius 2 is 2.05 bits per heavy atom. The molecule has 5 nitrogen and oxygen atoms in total. The smallest absolute Gasteiger partial charge is 0.263 e. The average molecular weight is 343 g/mol. The summed E-state index contributed by atoms with van der Waals surface area (Å²) in [5, 5.41) is 2.52. The molecule has 0 aliphatic heterocycles. The van der Waals surface area contributed by atoms with Crippen LogP contribution in [0.5, 0.6) is 5.75 Å². The van der Waals surface area contributed by atoms with Crippen molar-refractivity contribution in [2.24, 2.45) is 0 Å². The number of carbonyl (C=O) groups excluding carboxylic acids is 2. The van der Waals surface area contributed by atoms with E-state index in [2.05, 4.69) is 21.2 Å². The summed E-state index contributed by atoms with van der Waals surface area (Å²) in [4.78, 5) is 24.8. The van der Waals surface area contributed by atoms with Crippen molar-refractivity contribution in [3.05, 3.63) is 28.7 Å². The number of amides is 2. The summed E-state index contributed by atoms with van der Waals surface area (Å²) in [6.45, 7) is 2.06. The van der Waals surface area contributed by atoms with Gasteiger partial charge in [-0.1, -0.05) is 12.1 Å². The van der Waals surface area contributed by atoms with Gasteiger partial charge < -0.3 is 15.0 Å². The quantitative estimate of drug-likeness (QED) is 0.857. The van der Waals surface area contributed by atoms with Gasteiger partial charge in [0.05, 0.1) is 4.47 Å². The maximum Gasteiger partial charge on any atom is 0.263 e. The SMILES string of the molecule is CNC(=O)CCN(C)C(=O)C(C)Oc1ccccc1Br. The van der Waals surface area contributed by atoms with Crippen LogP contribution in [-0.2, 0) is 9.59 Å². The van der Waals surface area contributed by atoms with Crippen LogP contribution < -0.4 is 10.1 Å². The maximum absolute atomic E-state index is 12.1. The van der Waals surface area contributed by atoms with Gasteiger partial charge in [-0.25, -0.2) is 0 Å². The number of para-hydroxylation sites is 1. The monoisotopic (exact) mass is 342 g/mol. The van der Waals surface area contributed by atoms with Gasteiger partial charge in [0.1, 0.15) is 5.75 Å². The molecule has 6 heteroatoms. The third-order valence-corrected chi connectivity index (χ3v) is 3.47. The van der Waals surface area contributed by atoms with Crippen molar-refractivity contribution in [2.75, 3.05) is 20.6 Å². The van der Waals surface area contributed by atoms with Gasteiger partial charge in [-0.3, -0.25) is 9.59 Å². The van der Waals surface area contributed by atoms with Gasteiger partial charge in [0.15, 0.2) is 6.10 Å². The van der Waals surface area contributed by atoms with Crippen LogP contribution in [0.2, 0.25) is 0 Å². The van der Waals surface area contributed by atoms with Crippen LogP contribution in [0.25, 0.3) is 0 Å². The van der Waals surface area contributed by atoms with Gasteiger partial charge in [0.2, 0.25) is 5.91 Å². The second-order valence-electron chi connectivity index (χ2n) is 4.37. The number of halogens is 1. The molecule has 1 rings (SSSR count). The lowest BCUT2D eigenvalue weighted by Gasteiger charge is -2.22. The zero-order chi connectivity index (χ0) is 15.1. The highest BCUT2D eigenvalue weighted by atomic mass is 79.9. The van der Waals surface area contributed by atoms with E-state index in [1.807, 2.05) is 18.2 Å². The first-order valence-electron chi connectivity index (χ1n) is 6.32. The summed E-state index contributed by atoms with van der Waals surface area (Å²) in [5.74, 6) is 0.363. The number of ether oxygens (including phenoxy) is 1. The van der Waals surface area contributed by atoms with E-state index in [1.54, 1.807) is 27.1 Å². The fraction of sp³-hybridized carbons (Fsp3) is 0.429. The molecule has 0 saturated carbocycles. The molecule has 0 radical (unpaired) electrons. The topological polar surface area (TPSA) is 58.6 Å². The Hall–Kier alpha value is -1.56. The molecular formula is C14H19BrN2O3. The van der Waals surface area contributed by atoms with Gasteiger partial charge >= 0.3 is 0 Å². The Morgan fingerprint density at radius 3 is 2.65 bits per heavy atom. The number of hydrogen-bond acceptors (Lipinski definition) is 3. The van der Waals surface area contributed by atoms with Gasteiger partial charge in [-0.2, -0.15) is 0 Å². The Bertz CT molecular complexity index is 479. The largest absolute Gasteiger partial charge is 0.480 e. The molecule has 0 fully saturated rings. The normalized spacial score (nSPS) is 11.6. The van der Waals surface area contributed by atoms with Crippen LogP contribution in [0.4, 0.5) is 0 Å². The number of carbonyl (C=O) groups is 2. The molecule has 0 heterocycles. The number of nitrogens with zero attached hydrogens (tertiary/aromatic N) is 1. The van der Waals surface area contributed by atoms with E-state index in [0.717, 1.165) is 4.47 Å². The number of likely N-dealkylation sites (N-methyl/N-ethyl adjacent to an activating group) is 1. The predicted octanol–water partition coefficient (Wildman–Crippen LogP) is 1.81. The molecule has 0 bridgehead atoms. The summed E-state index contributed by atoms with van der Waals surface area (Å²) in [7, 11) is 3.23. The predicted molar refractivity (Wildman–Crippen MR) is 80.6 cm³/mol. The third kappa shape index (κ3) is 4.85. The second-order valence-corrected chi connectivity index (χ2v) is 5.23. The van der Waals surface area contributed by atoms with Gasteiger partial charge in [0, 0.05) is 27.1 Å². The highest BCUT2D eigenvalue weighted by molar-refractivity contribution is 9.10. The molecule has 2 amide bonds. The second kappa shape index (κ2) is 7.89. The van der Waals surface area contributed by atoms with Crippen molar-refractivity contribution in [3.8, 4) is 5.75 Å². The molecule has 1 unspecified atom stereocenters. The fourth-order valence-corrected chi connectivity index (χ4v) is 1.97. The number of hydrogen-bond donors (Lipinski definition) is 1. The van der Waals surface area contributed by atoms with Crippen molar-refractivity contribution in [3.63, 3.8) is 0 Å². The first-order valence-corrected chi connectivity index (χ1v) is 7.11. The van der Waals surface area contributed by atoms with E-state index in [0.29, 0.717) is 12.3 Å². The fourth-order valence-electron chi connectivity index (χ4n) is 1.60. The van der Waals surface area contributed by atoms with Gasteiger partial charge in [-0.15, -0.1) is 0 Å². The molecule has 110 valence electrons. The van der Waals surface area contributed by atoms with Crippen LogP contribution in [0.3, 0.4) is 0 Å². The third-order valence-electron chi connectivity index (χ3n) is 2.82. The summed E-state index contributed by atoms with van der Waals surface area (Å²) >= 11 is 3.37. The van der Waals surface area contributed by atoms with E-state index in [9.17, 15) is 9.59 Å². The molecule has 0 spiro atoms. The summed E-state index contributed by atoms with van der Waals surface area (Å²) in [6, 6.07) is 7.35. The van der Waals surface area contributed by atoms with Crippen molar-refractivity contribution in [2.45, 2.75) is 19.4 Å². The Labute approximate surface area is 127 Å². The summed E-state index contributed by atoms with van der Waals surface area (Å²) < 4.78 is 6.42. The number of rotatable bonds is 6. The molecule has 1 aromatic rings. The van der Waals surface area contributed by atoms with Crippen molar-refractivity contribution in [1.82, 2.24) is 10.2 Å². The minimum absolute atomic E-state index is 0.0935. The molecule has 0 aromatic heterocycles. The highest BCUT2D eigenvalue weighted by Gasteiger charge is 2.20. The zero-order valence-corrected chi connectivity index (χ0v) is 13.4. The molecule has 20 heavy (non-hydrogen) atoms. The summed E-state index contributed by atoms with van der Waals surface area (Å²) in [6.07, 6.45) is -0.330. The van der Waals surface area contributed by atoms with Crippen molar-refractivity contribution in [1.29, 1.82) is 0 Å². The molecule has 0 aliphatic rings. The maximum atomic E-state index is 12.1. The van der Waals surface area contributed by atoms with Crippen LogP contribution in [0, 0.1) is 0 Å². The van der Waals surface area contributed by atoms with E-state index in [-0.39, 0.29) is 18.2 Å². The molecule has 0 saturated heterocycles. The Morgan fingerprint density at radius 1 is 1.40 bits per heavy atom. The van der Waals surface area contributed by atoms with E-state index < -0.39 is 6.10 Å². The Kier molecular flexibility index (Phi) is 6.51. The van der Waals surface area contributed by atoms with Gasteiger partial charge in [0.25, 0.3) is 5.91 Å². The standard InChI is InChI=1S/C14H19BrN2O3/c1-10(20-12-7-5-4-6-11(12)15)14(19)17(3)9-8-13(18)16-2/h4-7,10H,8-9H2,1-3H3,(H,16,18). The first kappa shape index (κ1) is 16.5. The van der Waals surface area contributed by atoms with Crippen LogP contribution in [0.1, 0.15) is 13.3 Å². The lowest BCUT2D eigenvalue weighted by atomic mass is 10.3. The first-order chi connectivity index (χ1) is 9.45. The lowest BCUT2D eigenvalue weighted by Crippen LogP contribution is -2.39. The minimum atomic E-state index is -0.608. The van der Waals surface area contributed by atoms with Crippen LogP contribution >= 0.6 is 15.9 Å². The zero-order valence-electron chi connectivity index (χ0n) is 11.9. The molecule has 0 aliphatic carbocycles. The Balaban J connectivity index is 2.54. The van der Waals surface area contributed by atoms with E-state index in [1.165, 1.54) is 4.90 Å². The van der Waals surface area contributed by atoms with Crippen LogP contribution in [-0.4, -0.2) is 43.5 Å². The minimum Gasteiger partial charge on any atom is -0.480 e. The van der Waals surface area contributed by atoms with Gasteiger partial charge in [-0.05, 0) is 35.0 Å². The molecule has 1 N–H and O–H groups in total. The van der Waals surface area contributed by atoms with E-state index in [4.69, 9.17) is 4.74 Å². The number of nitrogens with one attached hydrogen (secondary N) is 1. The molecule has 1 atom stereocenters. The summed E-state index contributed by atoms with van der Waals surface area (Å²) in [5.41, 5.74) is 0. The number of benzene rings is 1. The lowest BCUT2D eigenvalue weighted by molar-refractivity contribution is -0.137. The van der Waals surface area contributed by atoms with Crippen molar-refractivity contribution < 1.29 is 14.3 Å². The molecular weight excluding hydrogens is 324 g/mol.